The molecule has 1 aromatic carbocycles. The van der Waals surface area contributed by atoms with Gasteiger partial charge in [-0.25, -0.2) is 0 Å². The Hall–Kier alpha value is -2.66. The quantitative estimate of drug-likeness (QED) is 0.355. The zero-order valence-corrected chi connectivity index (χ0v) is 11.4. The summed E-state index contributed by atoms with van der Waals surface area (Å²) in [7, 11) is 0. The van der Waals surface area contributed by atoms with Gasteiger partial charge < -0.3 is 14.7 Å². The summed E-state index contributed by atoms with van der Waals surface area (Å²) in [4.78, 5) is 20.4. The molecule has 0 N–H and O–H groups in total. The molecule has 22 heavy (non-hydrogen) atoms. The van der Waals surface area contributed by atoms with Gasteiger partial charge in [-0.15, -0.1) is 0 Å². The Balaban J connectivity index is 2.34. The minimum atomic E-state index is -2.08. The van der Waals surface area contributed by atoms with Crippen LogP contribution in [0.5, 0.6) is 0 Å². The van der Waals surface area contributed by atoms with Crippen LogP contribution in [0.25, 0.3) is 0 Å². The van der Waals surface area contributed by atoms with E-state index >= 15 is 0 Å². The van der Waals surface area contributed by atoms with E-state index in [1.165, 1.54) is 18.2 Å². The molecule has 2 rings (SSSR count). The molecule has 11 nitrogen and oxygen atoms in total. The van der Waals surface area contributed by atoms with Crippen molar-refractivity contribution in [1.29, 1.82) is 0 Å². The minimum absolute atomic E-state index is 0.0293. The summed E-state index contributed by atoms with van der Waals surface area (Å²) in [5.74, 6) is 0. The molecule has 118 valence electrons. The van der Waals surface area contributed by atoms with Crippen LogP contribution in [0.3, 0.4) is 0 Å². The van der Waals surface area contributed by atoms with E-state index in [0.717, 1.165) is 6.07 Å². The first-order valence-electron chi connectivity index (χ1n) is 6.16. The van der Waals surface area contributed by atoms with Crippen molar-refractivity contribution in [2.45, 2.75) is 18.9 Å². The lowest BCUT2D eigenvalue weighted by atomic mass is 10.2. The number of nitro benzene ring substituents is 1. The van der Waals surface area contributed by atoms with Crippen LogP contribution in [0.1, 0.15) is 6.92 Å². The lowest BCUT2D eigenvalue weighted by molar-refractivity contribution is -0.622. The van der Waals surface area contributed by atoms with Crippen LogP contribution in [0.15, 0.2) is 29.4 Å². The van der Waals surface area contributed by atoms with Gasteiger partial charge in [-0.1, -0.05) is 0 Å². The van der Waals surface area contributed by atoms with Crippen LogP contribution in [0.4, 0.5) is 11.4 Å². The standard InChI is InChI=1S/C11H12N4O7/c1-8-21-6-11(7-22-8,15(19)20)12-13(16)9-3-2-4-10(5-9)14(17)18/h2-5,8H,6-7H2,1H3/b13-12-. The minimum Gasteiger partial charge on any atom is -0.594 e. The van der Waals surface area contributed by atoms with Crippen molar-refractivity contribution < 1.29 is 24.2 Å². The van der Waals surface area contributed by atoms with Gasteiger partial charge in [0.25, 0.3) is 11.4 Å². The third-order valence-electron chi connectivity index (χ3n) is 2.98. The SMILES string of the molecule is CC1OCC(/N=[N+](\[O-])c2cccc([N+](=O)[O-])c2)([N+](=O)[O-])CO1. The van der Waals surface area contributed by atoms with Gasteiger partial charge in [0.15, 0.2) is 19.5 Å². The van der Waals surface area contributed by atoms with Crippen molar-refractivity contribution in [2.24, 2.45) is 5.11 Å². The van der Waals surface area contributed by atoms with E-state index in [-0.39, 0.29) is 16.2 Å². The molecule has 0 unspecified atom stereocenters. The van der Waals surface area contributed by atoms with Crippen LogP contribution in [-0.2, 0) is 9.47 Å². The van der Waals surface area contributed by atoms with Crippen molar-refractivity contribution in [3.05, 3.63) is 49.7 Å². The summed E-state index contributed by atoms with van der Waals surface area (Å²) in [5.41, 5.74) is -2.61. The molecule has 11 heteroatoms. The van der Waals surface area contributed by atoms with Gasteiger partial charge in [-0.3, -0.25) is 20.2 Å². The molecule has 0 atom stereocenters. The van der Waals surface area contributed by atoms with E-state index in [0.29, 0.717) is 0 Å². The average Bonchev–Trinajstić information content (AvgIpc) is 2.49. The Bertz CT molecular complexity index is 625. The molecule has 0 spiro atoms. The van der Waals surface area contributed by atoms with Gasteiger partial charge in [0.05, 0.1) is 21.0 Å². The maximum atomic E-state index is 12.0. The summed E-state index contributed by atoms with van der Waals surface area (Å²) >= 11 is 0. The second-order valence-corrected chi connectivity index (χ2v) is 4.58. The Kier molecular flexibility index (Phi) is 4.28. The van der Waals surface area contributed by atoms with E-state index in [9.17, 15) is 25.4 Å². The highest BCUT2D eigenvalue weighted by Crippen LogP contribution is 2.25. The fourth-order valence-electron chi connectivity index (χ4n) is 1.74. The third-order valence-corrected chi connectivity index (χ3v) is 2.98. The molecule has 1 aliphatic heterocycles. The lowest BCUT2D eigenvalue weighted by Crippen LogP contribution is -2.51. The molecule has 1 fully saturated rings. The number of ether oxygens (including phenoxy) is 2. The van der Waals surface area contributed by atoms with Crippen LogP contribution in [0.2, 0.25) is 0 Å². The molecule has 0 aromatic heterocycles. The fourth-order valence-corrected chi connectivity index (χ4v) is 1.74. The lowest BCUT2D eigenvalue weighted by Gasteiger charge is -2.27. The molecule has 1 saturated heterocycles. The molecule has 1 aliphatic rings. The normalized spacial score (nSPS) is 25.7. The monoisotopic (exact) mass is 312 g/mol. The van der Waals surface area contributed by atoms with Crippen LogP contribution in [0, 0.1) is 25.4 Å². The Morgan fingerprint density at radius 2 is 1.77 bits per heavy atom. The van der Waals surface area contributed by atoms with Gasteiger partial charge >= 0.3 is 5.66 Å². The molecule has 0 bridgehead atoms. The summed E-state index contributed by atoms with van der Waals surface area (Å²) in [6.45, 7) is 0.684. The van der Waals surface area contributed by atoms with Gasteiger partial charge in [-0.2, -0.15) is 0 Å². The largest absolute Gasteiger partial charge is 0.594 e. The highest BCUT2D eigenvalue weighted by atomic mass is 16.7. The summed E-state index contributed by atoms with van der Waals surface area (Å²) in [5, 5.41) is 37.4. The number of hydrogen-bond donors (Lipinski definition) is 0. The fraction of sp³-hybridized carbons (Fsp3) is 0.455. The van der Waals surface area contributed by atoms with E-state index in [1.807, 2.05) is 0 Å². The van der Waals surface area contributed by atoms with Crippen molar-refractivity contribution >= 4 is 11.4 Å². The highest BCUT2D eigenvalue weighted by Gasteiger charge is 2.52. The number of hydrogen-bond acceptors (Lipinski definition) is 8. The average molecular weight is 312 g/mol. The second kappa shape index (κ2) is 5.99. The first-order chi connectivity index (χ1) is 10.3. The zero-order chi connectivity index (χ0) is 16.3. The summed E-state index contributed by atoms with van der Waals surface area (Å²) < 4.78 is 10.0. The summed E-state index contributed by atoms with van der Waals surface area (Å²) in [6, 6.07) is 4.69. The molecular formula is C11H12N4O7. The van der Waals surface area contributed by atoms with Gasteiger partial charge in [0.1, 0.15) is 0 Å². The van der Waals surface area contributed by atoms with Crippen molar-refractivity contribution in [2.75, 3.05) is 13.2 Å². The van der Waals surface area contributed by atoms with Crippen molar-refractivity contribution in [3.63, 3.8) is 0 Å². The Morgan fingerprint density at radius 3 is 2.32 bits per heavy atom. The molecule has 0 saturated carbocycles. The van der Waals surface area contributed by atoms with Gasteiger partial charge in [-0.05, 0) is 17.9 Å². The first kappa shape index (κ1) is 15.7. The molecular weight excluding hydrogens is 300 g/mol. The van der Waals surface area contributed by atoms with Crippen LogP contribution in [-0.4, -0.2) is 39.9 Å². The zero-order valence-electron chi connectivity index (χ0n) is 11.4. The number of nitrogens with zero attached hydrogens (tertiary/aromatic N) is 4. The van der Waals surface area contributed by atoms with E-state index in [2.05, 4.69) is 5.11 Å². The second-order valence-electron chi connectivity index (χ2n) is 4.58. The molecule has 0 radical (unpaired) electrons. The van der Waals surface area contributed by atoms with Crippen LogP contribution < -0.4 is 0 Å². The highest BCUT2D eigenvalue weighted by molar-refractivity contribution is 5.42. The predicted octanol–water partition coefficient (Wildman–Crippen LogP) is 1.55. The van der Waals surface area contributed by atoms with Crippen molar-refractivity contribution in [1.82, 2.24) is 0 Å². The topological polar surface area (TPSA) is 143 Å². The molecule has 1 heterocycles. The van der Waals surface area contributed by atoms with Gasteiger partial charge in [0, 0.05) is 12.1 Å². The maximum absolute atomic E-state index is 12.0. The van der Waals surface area contributed by atoms with E-state index < -0.39 is 35.0 Å². The van der Waals surface area contributed by atoms with E-state index in [1.54, 1.807) is 6.92 Å². The number of rotatable bonds is 4. The predicted molar refractivity (Wildman–Crippen MR) is 69.9 cm³/mol. The number of azo groups is 1. The number of non-ortho nitro benzene ring substituents is 1. The van der Waals surface area contributed by atoms with E-state index in [4.69, 9.17) is 9.47 Å². The molecule has 1 aromatic rings. The third kappa shape index (κ3) is 3.15. The van der Waals surface area contributed by atoms with Crippen molar-refractivity contribution in [3.8, 4) is 0 Å². The maximum Gasteiger partial charge on any atom is 0.412 e. The Morgan fingerprint density at radius 1 is 1.18 bits per heavy atom. The van der Waals surface area contributed by atoms with Gasteiger partial charge in [0.2, 0.25) is 0 Å². The smallest absolute Gasteiger partial charge is 0.412 e. The Labute approximate surface area is 123 Å². The number of nitro groups is 2. The molecule has 0 aliphatic carbocycles. The number of benzene rings is 1. The molecule has 0 amide bonds. The first-order valence-corrected chi connectivity index (χ1v) is 6.16. The summed E-state index contributed by atoms with van der Waals surface area (Å²) in [6.07, 6.45) is -0.638. The van der Waals surface area contributed by atoms with Crippen LogP contribution >= 0.6 is 0 Å².